The first kappa shape index (κ1) is 16.9. The molecule has 0 bridgehead atoms. The maximum Gasteiger partial charge on any atom is 0.502 e. The average molecular weight is 378 g/mol. The van der Waals surface area contributed by atoms with Crippen LogP contribution in [-0.4, -0.2) is 41.1 Å². The summed E-state index contributed by atoms with van der Waals surface area (Å²) in [7, 11) is 1.25. The second kappa shape index (κ2) is 6.01. The highest BCUT2D eigenvalue weighted by Crippen LogP contribution is 2.38. The Balaban J connectivity index is 1.70. The van der Waals surface area contributed by atoms with Crippen LogP contribution in [-0.2, 0) is 4.79 Å². The number of hydrogen-bond donors (Lipinski definition) is 2. The number of nitrogens with one attached hydrogen (secondary N) is 1. The number of aromatic nitrogens is 2. The number of methoxy groups -OCH3 is 1. The van der Waals surface area contributed by atoms with Crippen LogP contribution in [0.15, 0.2) is 30.3 Å². The first-order valence-corrected chi connectivity index (χ1v) is 7.65. The van der Waals surface area contributed by atoms with E-state index in [1.54, 1.807) is 12.1 Å². The van der Waals surface area contributed by atoms with Gasteiger partial charge in [-0.25, -0.2) is 9.78 Å². The van der Waals surface area contributed by atoms with Crippen LogP contribution in [0.4, 0.5) is 8.78 Å². The summed E-state index contributed by atoms with van der Waals surface area (Å²) in [5, 5.41) is 8.50. The number of hydrogen-bond acceptors (Lipinski definition) is 6. The van der Waals surface area contributed by atoms with Crippen LogP contribution in [0.5, 0.6) is 23.0 Å². The average Bonchev–Trinajstić information content (AvgIpc) is 3.25. The van der Waals surface area contributed by atoms with E-state index in [2.05, 4.69) is 14.7 Å². The van der Waals surface area contributed by atoms with E-state index in [4.69, 9.17) is 19.3 Å². The van der Waals surface area contributed by atoms with E-state index in [0.29, 0.717) is 33.9 Å². The van der Waals surface area contributed by atoms with Gasteiger partial charge in [0.1, 0.15) is 5.82 Å². The molecule has 27 heavy (non-hydrogen) atoms. The summed E-state index contributed by atoms with van der Waals surface area (Å²) >= 11 is 0. The van der Waals surface area contributed by atoms with Crippen molar-refractivity contribution in [2.75, 3.05) is 13.9 Å². The molecule has 0 unspecified atom stereocenters. The van der Waals surface area contributed by atoms with Crippen LogP contribution in [0.3, 0.4) is 0 Å². The van der Waals surface area contributed by atoms with Crippen molar-refractivity contribution in [1.29, 1.82) is 0 Å². The molecule has 1 aliphatic rings. The lowest BCUT2D eigenvalue weighted by molar-refractivity contribution is -0.211. The van der Waals surface area contributed by atoms with Crippen molar-refractivity contribution in [3.8, 4) is 34.4 Å². The van der Waals surface area contributed by atoms with Crippen LogP contribution in [0.1, 0.15) is 0 Å². The second-order valence-electron chi connectivity index (χ2n) is 5.60. The third-order valence-corrected chi connectivity index (χ3v) is 3.90. The molecule has 0 aliphatic carbocycles. The summed E-state index contributed by atoms with van der Waals surface area (Å²) in [6.07, 6.45) is -4.38. The number of benzene rings is 2. The number of H-pyrrole nitrogens is 1. The lowest BCUT2D eigenvalue weighted by Gasteiger charge is -2.16. The number of halogens is 2. The van der Waals surface area contributed by atoms with Crippen molar-refractivity contribution in [2.24, 2.45) is 0 Å². The van der Waals surface area contributed by atoms with E-state index in [1.807, 2.05) is 0 Å². The van der Waals surface area contributed by atoms with Gasteiger partial charge in [0.2, 0.25) is 6.79 Å². The predicted octanol–water partition coefficient (Wildman–Crippen LogP) is 3.02. The minimum absolute atomic E-state index is 0.0666. The number of imidazole rings is 1. The number of aromatic amines is 1. The summed E-state index contributed by atoms with van der Waals surface area (Å²) in [5.74, 6) is -1.26. The second-order valence-corrected chi connectivity index (χ2v) is 5.60. The van der Waals surface area contributed by atoms with Crippen LogP contribution in [0.25, 0.3) is 22.4 Å². The normalized spacial score (nSPS) is 13.0. The quantitative estimate of drug-likeness (QED) is 0.703. The van der Waals surface area contributed by atoms with Gasteiger partial charge < -0.3 is 29.0 Å². The number of aliphatic carboxylic acids is 1. The van der Waals surface area contributed by atoms with Gasteiger partial charge in [0.05, 0.1) is 18.1 Å². The van der Waals surface area contributed by atoms with Gasteiger partial charge in [0.25, 0.3) is 0 Å². The maximum atomic E-state index is 13.3. The number of carboxylic acids is 1. The van der Waals surface area contributed by atoms with E-state index >= 15 is 0 Å². The summed E-state index contributed by atoms with van der Waals surface area (Å²) in [5.41, 5.74) is 1.85. The van der Waals surface area contributed by atoms with E-state index in [0.717, 1.165) is 0 Å². The molecule has 3 aromatic rings. The molecular formula is C17H12F2N2O6. The van der Waals surface area contributed by atoms with Crippen LogP contribution >= 0.6 is 0 Å². The van der Waals surface area contributed by atoms with E-state index < -0.39 is 17.8 Å². The van der Waals surface area contributed by atoms with Gasteiger partial charge in [-0.15, -0.1) is 0 Å². The van der Waals surface area contributed by atoms with Gasteiger partial charge in [0.15, 0.2) is 23.0 Å². The molecule has 1 aliphatic heterocycles. The van der Waals surface area contributed by atoms with Crippen molar-refractivity contribution in [3.05, 3.63) is 30.3 Å². The fraction of sp³-hybridized carbons (Fsp3) is 0.176. The van der Waals surface area contributed by atoms with Gasteiger partial charge in [-0.1, -0.05) is 0 Å². The zero-order valence-corrected chi connectivity index (χ0v) is 13.8. The van der Waals surface area contributed by atoms with Gasteiger partial charge in [-0.2, -0.15) is 8.78 Å². The molecule has 4 rings (SSSR count). The molecule has 0 amide bonds. The van der Waals surface area contributed by atoms with Crippen LogP contribution in [0, 0.1) is 0 Å². The SMILES string of the molecule is COc1cc(-c2nc3cc4c(cc3[nH]2)OCO4)ccc1OC(F)(F)C(=O)O. The maximum absolute atomic E-state index is 13.3. The summed E-state index contributed by atoms with van der Waals surface area (Å²) in [6, 6.07) is 7.51. The number of alkyl halides is 2. The molecule has 0 radical (unpaired) electrons. The highest BCUT2D eigenvalue weighted by Gasteiger charge is 2.43. The van der Waals surface area contributed by atoms with Gasteiger partial charge >= 0.3 is 12.1 Å². The van der Waals surface area contributed by atoms with Crippen molar-refractivity contribution >= 4 is 17.0 Å². The standard InChI is InChI=1S/C17H12F2N2O6/c1-24-12-4-8(2-3-11(12)27-17(18,19)16(22)23)15-20-9-5-13-14(26-7-25-13)6-10(9)21-15/h2-6H,7H2,1H3,(H,20,21)(H,22,23). The van der Waals surface area contributed by atoms with Crippen LogP contribution < -0.4 is 18.9 Å². The van der Waals surface area contributed by atoms with Crippen molar-refractivity contribution in [2.45, 2.75) is 6.11 Å². The Kier molecular flexibility index (Phi) is 3.76. The summed E-state index contributed by atoms with van der Waals surface area (Å²) in [4.78, 5) is 18.1. The highest BCUT2D eigenvalue weighted by molar-refractivity contribution is 5.83. The Morgan fingerprint density at radius 3 is 2.67 bits per heavy atom. The van der Waals surface area contributed by atoms with Crippen molar-refractivity contribution in [3.63, 3.8) is 0 Å². The molecule has 10 heteroatoms. The van der Waals surface area contributed by atoms with E-state index in [-0.39, 0.29) is 12.5 Å². The largest absolute Gasteiger partial charge is 0.502 e. The topological polar surface area (TPSA) is 103 Å². The molecular weight excluding hydrogens is 366 g/mol. The summed E-state index contributed by atoms with van der Waals surface area (Å²) in [6.45, 7) is 0.147. The molecule has 2 heterocycles. The fourth-order valence-corrected chi connectivity index (χ4v) is 2.62. The molecule has 2 N–H and O–H groups in total. The highest BCUT2D eigenvalue weighted by atomic mass is 19.3. The Morgan fingerprint density at radius 1 is 1.22 bits per heavy atom. The number of rotatable bonds is 5. The number of nitrogens with zero attached hydrogens (tertiary/aromatic N) is 1. The molecule has 0 saturated heterocycles. The number of carbonyl (C=O) groups is 1. The van der Waals surface area contributed by atoms with Crippen LogP contribution in [0.2, 0.25) is 0 Å². The van der Waals surface area contributed by atoms with Gasteiger partial charge in [0, 0.05) is 17.7 Å². The minimum Gasteiger partial charge on any atom is -0.493 e. The molecule has 140 valence electrons. The number of fused-ring (bicyclic) bond motifs is 2. The Morgan fingerprint density at radius 2 is 1.96 bits per heavy atom. The molecule has 2 aromatic carbocycles. The van der Waals surface area contributed by atoms with Crippen molar-refractivity contribution in [1.82, 2.24) is 9.97 Å². The fourth-order valence-electron chi connectivity index (χ4n) is 2.62. The Labute approximate surface area is 150 Å². The van der Waals surface area contributed by atoms with E-state index in [9.17, 15) is 13.6 Å². The zero-order valence-electron chi connectivity index (χ0n) is 13.8. The Hall–Kier alpha value is -3.56. The first-order valence-electron chi connectivity index (χ1n) is 7.65. The summed E-state index contributed by atoms with van der Waals surface area (Å²) < 4.78 is 46.5. The third-order valence-electron chi connectivity index (χ3n) is 3.90. The van der Waals surface area contributed by atoms with Gasteiger partial charge in [-0.05, 0) is 18.2 Å². The Bertz CT molecular complexity index is 1010. The molecule has 0 spiro atoms. The molecule has 0 fully saturated rings. The predicted molar refractivity (Wildman–Crippen MR) is 87.4 cm³/mol. The third kappa shape index (κ3) is 2.94. The molecule has 8 nitrogen and oxygen atoms in total. The smallest absolute Gasteiger partial charge is 0.493 e. The van der Waals surface area contributed by atoms with E-state index in [1.165, 1.54) is 25.3 Å². The first-order chi connectivity index (χ1) is 12.9. The molecule has 0 saturated carbocycles. The number of ether oxygens (including phenoxy) is 4. The zero-order chi connectivity index (χ0) is 19.2. The lowest BCUT2D eigenvalue weighted by atomic mass is 10.2. The number of carboxylic acid groups (broad SMARTS) is 1. The van der Waals surface area contributed by atoms with Crippen molar-refractivity contribution < 1.29 is 37.6 Å². The monoisotopic (exact) mass is 378 g/mol. The molecule has 0 atom stereocenters. The lowest BCUT2D eigenvalue weighted by Crippen LogP contribution is -2.34. The molecule has 1 aromatic heterocycles. The minimum atomic E-state index is -4.38. The van der Waals surface area contributed by atoms with Gasteiger partial charge in [-0.3, -0.25) is 0 Å².